The molecule has 1 aliphatic rings. The molecule has 0 spiro atoms. The molecular formula is C11H13N3O2. The zero-order valence-corrected chi connectivity index (χ0v) is 8.91. The third kappa shape index (κ3) is 2.13. The molecule has 1 fully saturated rings. The molecule has 0 bridgehead atoms. The predicted octanol–water partition coefficient (Wildman–Crippen LogP) is 0.615. The van der Waals surface area contributed by atoms with E-state index in [9.17, 15) is 9.59 Å². The Morgan fingerprint density at radius 2 is 2.06 bits per heavy atom. The fraction of sp³-hybridized carbons (Fsp3) is 0.273. The van der Waals surface area contributed by atoms with Gasteiger partial charge in [0.1, 0.15) is 6.04 Å². The molecule has 1 aromatic carbocycles. The van der Waals surface area contributed by atoms with E-state index >= 15 is 0 Å². The molecule has 0 radical (unpaired) electrons. The maximum Gasteiger partial charge on any atom is 0.321 e. The van der Waals surface area contributed by atoms with Crippen LogP contribution in [-0.4, -0.2) is 24.5 Å². The fourth-order valence-corrected chi connectivity index (χ4v) is 1.57. The predicted molar refractivity (Wildman–Crippen MR) is 60.1 cm³/mol. The number of carbonyl (C=O) groups is 2. The zero-order chi connectivity index (χ0) is 11.5. The standard InChI is InChI=1S/C11H13N3O2/c1-7-4-2-3-5-8(7)13-9-6-12-11(16)14-10(9)15/h2-5,9,13H,6H2,1H3,(H2,12,14,15,16). The summed E-state index contributed by atoms with van der Waals surface area (Å²) in [6.45, 7) is 2.26. The summed E-state index contributed by atoms with van der Waals surface area (Å²) < 4.78 is 0. The van der Waals surface area contributed by atoms with Crippen LogP contribution >= 0.6 is 0 Å². The fourth-order valence-electron chi connectivity index (χ4n) is 1.57. The molecule has 1 aliphatic heterocycles. The van der Waals surface area contributed by atoms with Gasteiger partial charge in [-0.3, -0.25) is 10.1 Å². The summed E-state index contributed by atoms with van der Waals surface area (Å²) >= 11 is 0. The Hall–Kier alpha value is -2.04. The van der Waals surface area contributed by atoms with E-state index in [4.69, 9.17) is 0 Å². The van der Waals surface area contributed by atoms with Crippen LogP contribution in [0.4, 0.5) is 10.5 Å². The minimum absolute atomic E-state index is 0.299. The van der Waals surface area contributed by atoms with Crippen molar-refractivity contribution in [3.63, 3.8) is 0 Å². The summed E-state index contributed by atoms with van der Waals surface area (Å²) in [6.07, 6.45) is 0. The van der Waals surface area contributed by atoms with E-state index in [1.807, 2.05) is 31.2 Å². The van der Waals surface area contributed by atoms with Crippen LogP contribution < -0.4 is 16.0 Å². The van der Waals surface area contributed by atoms with E-state index in [1.54, 1.807) is 0 Å². The van der Waals surface area contributed by atoms with Crippen LogP contribution in [0, 0.1) is 6.92 Å². The zero-order valence-electron chi connectivity index (χ0n) is 8.91. The summed E-state index contributed by atoms with van der Waals surface area (Å²) in [5.74, 6) is -0.299. The van der Waals surface area contributed by atoms with E-state index in [-0.39, 0.29) is 5.91 Å². The number of carbonyl (C=O) groups excluding carboxylic acids is 2. The lowest BCUT2D eigenvalue weighted by atomic mass is 10.1. The lowest BCUT2D eigenvalue weighted by Gasteiger charge is -2.24. The number of amides is 3. The number of rotatable bonds is 2. The minimum Gasteiger partial charge on any atom is -0.372 e. The second kappa shape index (κ2) is 4.22. The van der Waals surface area contributed by atoms with Gasteiger partial charge in [-0.25, -0.2) is 4.79 Å². The van der Waals surface area contributed by atoms with Crippen molar-refractivity contribution in [1.82, 2.24) is 10.6 Å². The number of para-hydroxylation sites is 1. The SMILES string of the molecule is Cc1ccccc1NC1CNC(=O)NC1=O. The Labute approximate surface area is 93.2 Å². The largest absolute Gasteiger partial charge is 0.372 e. The number of urea groups is 1. The molecule has 3 amide bonds. The molecule has 0 aliphatic carbocycles. The Balaban J connectivity index is 2.08. The molecule has 0 aromatic heterocycles. The number of nitrogens with one attached hydrogen (secondary N) is 3. The molecule has 16 heavy (non-hydrogen) atoms. The van der Waals surface area contributed by atoms with Crippen molar-refractivity contribution < 1.29 is 9.59 Å². The number of benzene rings is 1. The van der Waals surface area contributed by atoms with Crippen molar-refractivity contribution in [3.05, 3.63) is 29.8 Å². The minimum atomic E-state index is -0.437. The highest BCUT2D eigenvalue weighted by Crippen LogP contribution is 2.14. The Kier molecular flexibility index (Phi) is 2.76. The van der Waals surface area contributed by atoms with Crippen molar-refractivity contribution in [2.45, 2.75) is 13.0 Å². The van der Waals surface area contributed by atoms with Crippen LogP contribution in [0.1, 0.15) is 5.56 Å². The topological polar surface area (TPSA) is 70.2 Å². The number of aryl methyl sites for hydroxylation is 1. The number of hydrogen-bond acceptors (Lipinski definition) is 3. The van der Waals surface area contributed by atoms with Crippen molar-refractivity contribution in [2.24, 2.45) is 0 Å². The number of imide groups is 1. The first-order chi connectivity index (χ1) is 7.66. The van der Waals surface area contributed by atoms with Crippen molar-refractivity contribution in [2.75, 3.05) is 11.9 Å². The van der Waals surface area contributed by atoms with Gasteiger partial charge in [0, 0.05) is 12.2 Å². The number of hydrogen-bond donors (Lipinski definition) is 3. The monoisotopic (exact) mass is 219 g/mol. The molecular weight excluding hydrogens is 206 g/mol. The van der Waals surface area contributed by atoms with E-state index in [0.717, 1.165) is 11.3 Å². The van der Waals surface area contributed by atoms with Gasteiger partial charge in [0.25, 0.3) is 5.91 Å². The van der Waals surface area contributed by atoms with Gasteiger partial charge >= 0.3 is 6.03 Å². The second-order valence-corrected chi connectivity index (χ2v) is 3.71. The van der Waals surface area contributed by atoms with Gasteiger partial charge in [0.15, 0.2) is 0 Å². The van der Waals surface area contributed by atoms with Crippen molar-refractivity contribution in [3.8, 4) is 0 Å². The van der Waals surface area contributed by atoms with Crippen LogP contribution in [0.5, 0.6) is 0 Å². The Bertz CT molecular complexity index is 431. The number of anilines is 1. The quantitative estimate of drug-likeness (QED) is 0.682. The molecule has 0 saturated carbocycles. The first-order valence-corrected chi connectivity index (χ1v) is 5.07. The summed E-state index contributed by atoms with van der Waals surface area (Å²) in [5.41, 5.74) is 1.96. The van der Waals surface area contributed by atoms with Gasteiger partial charge in [-0.2, -0.15) is 0 Å². The summed E-state index contributed by atoms with van der Waals surface area (Å²) in [4.78, 5) is 22.4. The van der Waals surface area contributed by atoms with Gasteiger partial charge in [-0.05, 0) is 18.6 Å². The average molecular weight is 219 g/mol. The summed E-state index contributed by atoms with van der Waals surface area (Å²) in [6, 6.07) is 6.84. The van der Waals surface area contributed by atoms with E-state index in [2.05, 4.69) is 16.0 Å². The van der Waals surface area contributed by atoms with Crippen molar-refractivity contribution >= 4 is 17.6 Å². The van der Waals surface area contributed by atoms with E-state index in [1.165, 1.54) is 0 Å². The van der Waals surface area contributed by atoms with Crippen LogP contribution in [0.2, 0.25) is 0 Å². The highest BCUT2D eigenvalue weighted by Gasteiger charge is 2.25. The third-order valence-electron chi connectivity index (χ3n) is 2.49. The Morgan fingerprint density at radius 1 is 1.31 bits per heavy atom. The van der Waals surface area contributed by atoms with Gasteiger partial charge in [-0.1, -0.05) is 18.2 Å². The molecule has 1 atom stereocenters. The van der Waals surface area contributed by atoms with E-state index in [0.29, 0.717) is 6.54 Å². The first kappa shape index (κ1) is 10.5. The molecule has 1 saturated heterocycles. The lowest BCUT2D eigenvalue weighted by Crippen LogP contribution is -2.57. The van der Waals surface area contributed by atoms with Gasteiger partial charge in [0.2, 0.25) is 0 Å². The molecule has 1 unspecified atom stereocenters. The molecule has 2 rings (SSSR count). The highest BCUT2D eigenvalue weighted by molar-refractivity contribution is 6.00. The molecule has 5 nitrogen and oxygen atoms in total. The van der Waals surface area contributed by atoms with Crippen molar-refractivity contribution in [1.29, 1.82) is 0 Å². The van der Waals surface area contributed by atoms with Gasteiger partial charge in [0.05, 0.1) is 0 Å². The lowest BCUT2D eigenvalue weighted by molar-refractivity contribution is -0.121. The summed E-state index contributed by atoms with van der Waals surface area (Å²) in [5, 5.41) is 7.88. The third-order valence-corrected chi connectivity index (χ3v) is 2.49. The van der Waals surface area contributed by atoms with Gasteiger partial charge in [-0.15, -0.1) is 0 Å². The second-order valence-electron chi connectivity index (χ2n) is 3.71. The smallest absolute Gasteiger partial charge is 0.321 e. The van der Waals surface area contributed by atoms with Crippen LogP contribution in [0.15, 0.2) is 24.3 Å². The molecule has 1 heterocycles. The van der Waals surface area contributed by atoms with Crippen LogP contribution in [0.3, 0.4) is 0 Å². The molecule has 1 aromatic rings. The normalized spacial score (nSPS) is 19.9. The summed E-state index contributed by atoms with van der Waals surface area (Å²) in [7, 11) is 0. The van der Waals surface area contributed by atoms with Crippen LogP contribution in [0.25, 0.3) is 0 Å². The first-order valence-electron chi connectivity index (χ1n) is 5.07. The maximum atomic E-state index is 11.5. The van der Waals surface area contributed by atoms with Gasteiger partial charge < -0.3 is 10.6 Å². The molecule has 3 N–H and O–H groups in total. The average Bonchev–Trinajstić information content (AvgIpc) is 2.25. The Morgan fingerprint density at radius 3 is 2.75 bits per heavy atom. The van der Waals surface area contributed by atoms with Crippen LogP contribution in [-0.2, 0) is 4.79 Å². The maximum absolute atomic E-state index is 11.5. The van der Waals surface area contributed by atoms with E-state index < -0.39 is 12.1 Å². The molecule has 5 heteroatoms. The highest BCUT2D eigenvalue weighted by atomic mass is 16.2. The molecule has 84 valence electrons.